The molecule has 0 heterocycles. The van der Waals surface area contributed by atoms with Gasteiger partial charge in [0.05, 0.1) is 6.04 Å². The van der Waals surface area contributed by atoms with Crippen LogP contribution < -0.4 is 11.1 Å². The molecule has 2 atom stereocenters. The van der Waals surface area contributed by atoms with E-state index < -0.39 is 24.5 Å². The van der Waals surface area contributed by atoms with Crippen LogP contribution in [0.25, 0.3) is 0 Å². The topological polar surface area (TPSA) is 113 Å². The molecular weight excluding hydrogens is 256 g/mol. The lowest BCUT2D eigenvalue weighted by atomic mass is 10.1. The van der Waals surface area contributed by atoms with Gasteiger partial charge in [-0.1, -0.05) is 13.8 Å². The van der Waals surface area contributed by atoms with Crippen molar-refractivity contribution in [2.75, 3.05) is 18.9 Å². The summed E-state index contributed by atoms with van der Waals surface area (Å²) in [6, 6.07) is -0.737. The number of amides is 1. The average Bonchev–Trinajstić information content (AvgIpc) is 2.33. The number of aliphatic hydroxyl groups is 1. The van der Waals surface area contributed by atoms with Gasteiger partial charge in [0.15, 0.2) is 0 Å². The van der Waals surface area contributed by atoms with E-state index in [2.05, 4.69) is 5.32 Å². The molecule has 0 aromatic carbocycles. The fourth-order valence-electron chi connectivity index (χ4n) is 1.25. The second-order valence-corrected chi connectivity index (χ2v) is 5.91. The standard InChI is InChI=1S/C11H22N2O4S/c1-3-11(2,4-5-14)18-7-8(12)10(17)13-6-9(15)16/h8,14H,3-7,12H2,1-2H3,(H,13,17)(H,15,16). The highest BCUT2D eigenvalue weighted by molar-refractivity contribution is 8.00. The summed E-state index contributed by atoms with van der Waals surface area (Å²) in [5.74, 6) is -1.16. The summed E-state index contributed by atoms with van der Waals surface area (Å²) in [6.45, 7) is 3.70. The molecule has 7 heteroatoms. The highest BCUT2D eigenvalue weighted by atomic mass is 32.2. The Hall–Kier alpha value is -0.790. The average molecular weight is 278 g/mol. The maximum atomic E-state index is 11.4. The molecule has 5 N–H and O–H groups in total. The number of hydrogen-bond acceptors (Lipinski definition) is 5. The Morgan fingerprint density at radius 2 is 2.11 bits per heavy atom. The zero-order chi connectivity index (χ0) is 14.2. The smallest absolute Gasteiger partial charge is 0.322 e. The molecule has 0 saturated carbocycles. The molecule has 0 radical (unpaired) electrons. The Labute approximate surface area is 111 Å². The summed E-state index contributed by atoms with van der Waals surface area (Å²) in [6.07, 6.45) is 1.50. The molecule has 106 valence electrons. The van der Waals surface area contributed by atoms with Crippen molar-refractivity contribution >= 4 is 23.6 Å². The Kier molecular flexibility index (Phi) is 7.97. The summed E-state index contributed by atoms with van der Waals surface area (Å²) >= 11 is 1.53. The van der Waals surface area contributed by atoms with Crippen LogP contribution in [0.5, 0.6) is 0 Å². The molecule has 6 nitrogen and oxygen atoms in total. The second kappa shape index (κ2) is 8.34. The summed E-state index contributed by atoms with van der Waals surface area (Å²) in [7, 11) is 0. The lowest BCUT2D eigenvalue weighted by Crippen LogP contribution is -2.44. The molecule has 0 saturated heterocycles. The van der Waals surface area contributed by atoms with Crippen molar-refractivity contribution in [1.29, 1.82) is 0 Å². The second-order valence-electron chi connectivity index (χ2n) is 4.31. The monoisotopic (exact) mass is 278 g/mol. The fourth-order valence-corrected chi connectivity index (χ4v) is 2.42. The van der Waals surface area contributed by atoms with E-state index in [1.807, 2.05) is 13.8 Å². The van der Waals surface area contributed by atoms with E-state index in [4.69, 9.17) is 15.9 Å². The van der Waals surface area contributed by atoms with Crippen molar-refractivity contribution in [3.63, 3.8) is 0 Å². The summed E-state index contributed by atoms with van der Waals surface area (Å²) < 4.78 is -0.112. The zero-order valence-electron chi connectivity index (χ0n) is 10.8. The van der Waals surface area contributed by atoms with Crippen LogP contribution >= 0.6 is 11.8 Å². The molecule has 2 unspecified atom stereocenters. The molecule has 0 bridgehead atoms. The normalized spacial score (nSPS) is 15.8. The predicted octanol–water partition coefficient (Wildman–Crippen LogP) is -0.201. The number of aliphatic carboxylic acids is 1. The highest BCUT2D eigenvalue weighted by Gasteiger charge is 2.24. The first-order valence-electron chi connectivity index (χ1n) is 5.84. The number of carboxylic acids is 1. The third-order valence-electron chi connectivity index (χ3n) is 2.75. The zero-order valence-corrected chi connectivity index (χ0v) is 11.6. The molecule has 0 spiro atoms. The van der Waals surface area contributed by atoms with Crippen molar-refractivity contribution in [3.05, 3.63) is 0 Å². The molecule has 0 aliphatic heterocycles. The largest absolute Gasteiger partial charge is 0.480 e. The van der Waals surface area contributed by atoms with E-state index in [0.717, 1.165) is 6.42 Å². The Bertz CT molecular complexity index is 288. The molecule has 0 aromatic rings. The van der Waals surface area contributed by atoms with Gasteiger partial charge in [0, 0.05) is 17.1 Å². The Morgan fingerprint density at radius 3 is 2.56 bits per heavy atom. The molecule has 0 fully saturated rings. The minimum absolute atomic E-state index is 0.0950. The molecule has 0 aromatic heterocycles. The van der Waals surface area contributed by atoms with Gasteiger partial charge in [-0.15, -0.1) is 0 Å². The quantitative estimate of drug-likeness (QED) is 0.464. The SMILES string of the molecule is CCC(C)(CCO)SCC(N)C(=O)NCC(=O)O. The third kappa shape index (κ3) is 6.83. The van der Waals surface area contributed by atoms with E-state index in [-0.39, 0.29) is 11.4 Å². The minimum Gasteiger partial charge on any atom is -0.480 e. The van der Waals surface area contributed by atoms with Crippen molar-refractivity contribution in [2.24, 2.45) is 5.73 Å². The van der Waals surface area contributed by atoms with Crippen molar-refractivity contribution in [2.45, 2.75) is 37.5 Å². The van der Waals surface area contributed by atoms with Crippen LogP contribution in [-0.2, 0) is 9.59 Å². The summed E-state index contributed by atoms with van der Waals surface area (Å²) in [5.41, 5.74) is 5.67. The predicted molar refractivity (Wildman–Crippen MR) is 71.5 cm³/mol. The number of nitrogens with one attached hydrogen (secondary N) is 1. The van der Waals surface area contributed by atoms with Crippen molar-refractivity contribution in [3.8, 4) is 0 Å². The van der Waals surface area contributed by atoms with Gasteiger partial charge in [-0.2, -0.15) is 11.8 Å². The van der Waals surface area contributed by atoms with Gasteiger partial charge in [0.1, 0.15) is 6.54 Å². The van der Waals surface area contributed by atoms with E-state index in [1.54, 1.807) is 0 Å². The molecule has 0 aliphatic carbocycles. The van der Waals surface area contributed by atoms with E-state index >= 15 is 0 Å². The van der Waals surface area contributed by atoms with Gasteiger partial charge in [-0.3, -0.25) is 9.59 Å². The van der Waals surface area contributed by atoms with Crippen LogP contribution in [0, 0.1) is 0 Å². The lowest BCUT2D eigenvalue weighted by Gasteiger charge is -2.27. The first-order valence-corrected chi connectivity index (χ1v) is 6.83. The number of aliphatic hydroxyl groups excluding tert-OH is 1. The van der Waals surface area contributed by atoms with Gasteiger partial charge in [-0.25, -0.2) is 0 Å². The number of thioether (sulfide) groups is 1. The highest BCUT2D eigenvalue weighted by Crippen LogP contribution is 2.31. The van der Waals surface area contributed by atoms with Gasteiger partial charge >= 0.3 is 5.97 Å². The van der Waals surface area contributed by atoms with Crippen molar-refractivity contribution < 1.29 is 19.8 Å². The van der Waals surface area contributed by atoms with Crippen LogP contribution in [0.1, 0.15) is 26.7 Å². The van der Waals surface area contributed by atoms with E-state index in [1.165, 1.54) is 11.8 Å². The maximum absolute atomic E-state index is 11.4. The van der Waals surface area contributed by atoms with Gasteiger partial charge < -0.3 is 21.3 Å². The van der Waals surface area contributed by atoms with E-state index in [0.29, 0.717) is 12.2 Å². The van der Waals surface area contributed by atoms with Crippen LogP contribution in [0.15, 0.2) is 0 Å². The number of hydrogen-bond donors (Lipinski definition) is 4. The first-order chi connectivity index (χ1) is 8.34. The Morgan fingerprint density at radius 1 is 1.50 bits per heavy atom. The molecule has 1 amide bonds. The van der Waals surface area contributed by atoms with Crippen LogP contribution in [0.3, 0.4) is 0 Å². The summed E-state index contributed by atoms with van der Waals surface area (Å²) in [4.78, 5) is 21.7. The number of carbonyl (C=O) groups excluding carboxylic acids is 1. The molecular formula is C11H22N2O4S. The van der Waals surface area contributed by atoms with Crippen molar-refractivity contribution in [1.82, 2.24) is 5.32 Å². The van der Waals surface area contributed by atoms with Gasteiger partial charge in [0.25, 0.3) is 0 Å². The maximum Gasteiger partial charge on any atom is 0.322 e. The first kappa shape index (κ1) is 17.2. The van der Waals surface area contributed by atoms with Crippen LogP contribution in [0.4, 0.5) is 0 Å². The van der Waals surface area contributed by atoms with Crippen LogP contribution in [-0.4, -0.2) is 51.8 Å². The molecule has 0 aliphatic rings. The molecule has 18 heavy (non-hydrogen) atoms. The summed E-state index contributed by atoms with van der Waals surface area (Å²) in [5, 5.41) is 19.6. The van der Waals surface area contributed by atoms with Gasteiger partial charge in [-0.05, 0) is 12.8 Å². The number of carboxylic acid groups (broad SMARTS) is 1. The number of rotatable bonds is 9. The third-order valence-corrected chi connectivity index (χ3v) is 4.47. The molecule has 0 rings (SSSR count). The van der Waals surface area contributed by atoms with E-state index in [9.17, 15) is 9.59 Å². The lowest BCUT2D eigenvalue weighted by molar-refractivity contribution is -0.138. The van der Waals surface area contributed by atoms with Crippen LogP contribution in [0.2, 0.25) is 0 Å². The number of carbonyl (C=O) groups is 2. The Balaban J connectivity index is 4.10. The number of nitrogens with two attached hydrogens (primary N) is 1. The van der Waals surface area contributed by atoms with Gasteiger partial charge in [0.2, 0.25) is 5.91 Å². The minimum atomic E-state index is -1.10. The fraction of sp³-hybridized carbons (Fsp3) is 0.818.